The van der Waals surface area contributed by atoms with Crippen molar-refractivity contribution < 1.29 is 26.7 Å². The van der Waals surface area contributed by atoms with Gasteiger partial charge in [-0.1, -0.05) is 6.07 Å². The molecule has 0 spiro atoms. The van der Waals surface area contributed by atoms with Gasteiger partial charge in [-0.15, -0.1) is 0 Å². The second-order valence-electron chi connectivity index (χ2n) is 4.01. The summed E-state index contributed by atoms with van der Waals surface area (Å²) in [4.78, 5) is 0. The number of nitriles is 1. The Morgan fingerprint density at radius 1 is 0.905 bits per heavy atom. The van der Waals surface area contributed by atoms with Crippen molar-refractivity contribution in [1.82, 2.24) is 0 Å². The molecule has 108 valence electrons. The normalized spacial score (nSPS) is 10.3. The van der Waals surface area contributed by atoms with E-state index in [0.29, 0.717) is 0 Å². The summed E-state index contributed by atoms with van der Waals surface area (Å²) in [6.07, 6.45) is 0. The summed E-state index contributed by atoms with van der Waals surface area (Å²) < 4.78 is 70.4. The molecule has 0 aliphatic rings. The minimum Gasteiger partial charge on any atom is -0.483 e. The van der Waals surface area contributed by atoms with Crippen molar-refractivity contribution in [3.05, 3.63) is 64.5 Å². The van der Waals surface area contributed by atoms with Crippen LogP contribution in [-0.2, 0) is 6.61 Å². The van der Waals surface area contributed by atoms with Crippen molar-refractivity contribution in [2.45, 2.75) is 6.61 Å². The molecule has 0 bridgehead atoms. The van der Waals surface area contributed by atoms with E-state index in [9.17, 15) is 22.0 Å². The fourth-order valence-electron chi connectivity index (χ4n) is 1.58. The van der Waals surface area contributed by atoms with Crippen molar-refractivity contribution in [2.24, 2.45) is 0 Å². The molecule has 0 fully saturated rings. The molecule has 0 radical (unpaired) electrons. The van der Waals surface area contributed by atoms with Crippen LogP contribution < -0.4 is 4.74 Å². The maximum Gasteiger partial charge on any atom is 0.203 e. The lowest BCUT2D eigenvalue weighted by atomic mass is 10.1. The lowest BCUT2D eigenvalue weighted by Crippen LogP contribution is -2.04. The molecule has 2 aromatic carbocycles. The standard InChI is InChI=1S/C14H6F5NO/c15-9-2-1-7(3-8(9)5-20)6-21-14-12(18)10(16)4-11(17)13(14)19/h1-4H,6H2. The van der Waals surface area contributed by atoms with Crippen LogP contribution in [-0.4, -0.2) is 0 Å². The van der Waals surface area contributed by atoms with Crippen LogP contribution in [0.25, 0.3) is 0 Å². The van der Waals surface area contributed by atoms with Crippen molar-refractivity contribution in [3.8, 4) is 11.8 Å². The quantitative estimate of drug-likeness (QED) is 0.637. The zero-order valence-corrected chi connectivity index (χ0v) is 10.3. The van der Waals surface area contributed by atoms with E-state index in [2.05, 4.69) is 0 Å². The summed E-state index contributed by atoms with van der Waals surface area (Å²) >= 11 is 0. The van der Waals surface area contributed by atoms with Crippen LogP contribution in [0.3, 0.4) is 0 Å². The van der Waals surface area contributed by atoms with Gasteiger partial charge in [-0.2, -0.15) is 14.0 Å². The zero-order valence-electron chi connectivity index (χ0n) is 10.3. The minimum absolute atomic E-state index is 0.0587. The van der Waals surface area contributed by atoms with Gasteiger partial charge in [0.2, 0.25) is 11.6 Å². The maximum atomic E-state index is 13.3. The van der Waals surface area contributed by atoms with E-state index in [1.54, 1.807) is 6.07 Å². The summed E-state index contributed by atoms with van der Waals surface area (Å²) in [6, 6.07) is 4.91. The molecule has 0 aliphatic carbocycles. The van der Waals surface area contributed by atoms with E-state index in [1.165, 1.54) is 6.07 Å². The second kappa shape index (κ2) is 5.79. The van der Waals surface area contributed by atoms with Gasteiger partial charge in [0.25, 0.3) is 0 Å². The summed E-state index contributed by atoms with van der Waals surface area (Å²) in [6.45, 7) is -0.494. The number of hydrogen-bond donors (Lipinski definition) is 0. The van der Waals surface area contributed by atoms with Gasteiger partial charge in [-0.3, -0.25) is 0 Å². The predicted octanol–water partition coefficient (Wildman–Crippen LogP) is 3.83. The van der Waals surface area contributed by atoms with Gasteiger partial charge >= 0.3 is 0 Å². The molecule has 0 amide bonds. The van der Waals surface area contributed by atoms with Crippen LogP contribution in [0.2, 0.25) is 0 Å². The average molecular weight is 299 g/mol. The van der Waals surface area contributed by atoms with Gasteiger partial charge in [0.05, 0.1) is 5.56 Å². The zero-order chi connectivity index (χ0) is 15.6. The molecule has 7 heteroatoms. The van der Waals surface area contributed by atoms with Crippen molar-refractivity contribution in [2.75, 3.05) is 0 Å². The molecule has 0 unspecified atom stereocenters. The first-order valence-corrected chi connectivity index (χ1v) is 5.58. The largest absolute Gasteiger partial charge is 0.483 e. The van der Waals surface area contributed by atoms with E-state index >= 15 is 0 Å². The van der Waals surface area contributed by atoms with E-state index in [0.717, 1.165) is 12.1 Å². The molecular weight excluding hydrogens is 293 g/mol. The highest BCUT2D eigenvalue weighted by Crippen LogP contribution is 2.27. The Hall–Kier alpha value is -2.62. The van der Waals surface area contributed by atoms with E-state index in [1.807, 2.05) is 0 Å². The highest BCUT2D eigenvalue weighted by molar-refractivity contribution is 5.35. The minimum atomic E-state index is -1.67. The van der Waals surface area contributed by atoms with E-state index < -0.39 is 41.4 Å². The first-order valence-electron chi connectivity index (χ1n) is 5.58. The van der Waals surface area contributed by atoms with Crippen LogP contribution in [0.4, 0.5) is 22.0 Å². The monoisotopic (exact) mass is 299 g/mol. The second-order valence-corrected chi connectivity index (χ2v) is 4.01. The van der Waals surface area contributed by atoms with Gasteiger partial charge in [-0.25, -0.2) is 13.2 Å². The van der Waals surface area contributed by atoms with Crippen LogP contribution in [0.1, 0.15) is 11.1 Å². The number of rotatable bonds is 3. The number of hydrogen-bond acceptors (Lipinski definition) is 2. The SMILES string of the molecule is N#Cc1cc(COc2c(F)c(F)cc(F)c2F)ccc1F. The average Bonchev–Trinajstić information content (AvgIpc) is 2.46. The number of benzene rings is 2. The molecule has 21 heavy (non-hydrogen) atoms. The molecular formula is C14H6F5NO. The highest BCUT2D eigenvalue weighted by atomic mass is 19.2. The molecule has 0 atom stereocenters. The fourth-order valence-corrected chi connectivity index (χ4v) is 1.58. The molecule has 0 aliphatic heterocycles. The molecule has 0 aromatic heterocycles. The van der Waals surface area contributed by atoms with Crippen molar-refractivity contribution in [1.29, 1.82) is 5.26 Å². The van der Waals surface area contributed by atoms with Crippen LogP contribution in [0.15, 0.2) is 24.3 Å². The Balaban J connectivity index is 2.27. The topological polar surface area (TPSA) is 33.0 Å². The van der Waals surface area contributed by atoms with Crippen LogP contribution in [0, 0.1) is 40.4 Å². The lowest BCUT2D eigenvalue weighted by molar-refractivity contribution is 0.261. The van der Waals surface area contributed by atoms with Crippen LogP contribution in [0.5, 0.6) is 5.75 Å². The summed E-state index contributed by atoms with van der Waals surface area (Å²) in [5, 5.41) is 8.64. The van der Waals surface area contributed by atoms with Gasteiger partial charge in [-0.05, 0) is 17.7 Å². The predicted molar refractivity (Wildman–Crippen MR) is 61.7 cm³/mol. The third-order valence-corrected chi connectivity index (χ3v) is 2.61. The van der Waals surface area contributed by atoms with E-state index in [4.69, 9.17) is 10.00 Å². The molecule has 2 nitrogen and oxygen atoms in total. The third kappa shape index (κ3) is 2.94. The molecule has 0 saturated carbocycles. The summed E-state index contributed by atoms with van der Waals surface area (Å²) in [5.41, 5.74) is -0.0844. The van der Waals surface area contributed by atoms with Crippen molar-refractivity contribution >= 4 is 0 Å². The Labute approximate surface area is 116 Å². The Kier molecular flexibility index (Phi) is 4.08. The van der Waals surface area contributed by atoms with Gasteiger partial charge < -0.3 is 4.74 Å². The van der Waals surface area contributed by atoms with E-state index in [-0.39, 0.29) is 17.2 Å². The smallest absolute Gasteiger partial charge is 0.203 e. The number of ether oxygens (including phenoxy) is 1. The fraction of sp³-hybridized carbons (Fsp3) is 0.0714. The highest BCUT2D eigenvalue weighted by Gasteiger charge is 2.20. The lowest BCUT2D eigenvalue weighted by Gasteiger charge is -2.09. The first-order chi connectivity index (χ1) is 9.93. The van der Waals surface area contributed by atoms with Gasteiger partial charge in [0.15, 0.2) is 17.4 Å². The Morgan fingerprint density at radius 3 is 2.10 bits per heavy atom. The molecule has 0 N–H and O–H groups in total. The summed E-state index contributed by atoms with van der Waals surface area (Å²) in [5.74, 6) is -8.51. The Morgan fingerprint density at radius 2 is 1.52 bits per heavy atom. The molecule has 0 heterocycles. The summed E-state index contributed by atoms with van der Waals surface area (Å²) in [7, 11) is 0. The molecule has 2 aromatic rings. The third-order valence-electron chi connectivity index (χ3n) is 2.61. The maximum absolute atomic E-state index is 13.3. The molecule has 0 saturated heterocycles. The number of halogens is 5. The van der Waals surface area contributed by atoms with Gasteiger partial charge in [0.1, 0.15) is 18.5 Å². The number of nitrogens with zero attached hydrogens (tertiary/aromatic N) is 1. The van der Waals surface area contributed by atoms with Gasteiger partial charge in [0, 0.05) is 6.07 Å². The van der Waals surface area contributed by atoms with Crippen LogP contribution >= 0.6 is 0 Å². The first kappa shape index (κ1) is 14.8. The Bertz CT molecular complexity index is 713. The van der Waals surface area contributed by atoms with Crippen molar-refractivity contribution in [3.63, 3.8) is 0 Å². The molecule has 2 rings (SSSR count).